The summed E-state index contributed by atoms with van der Waals surface area (Å²) in [5.74, 6) is -0.0414. The van der Waals surface area contributed by atoms with Crippen LogP contribution in [0, 0.1) is 0 Å². The van der Waals surface area contributed by atoms with Crippen LogP contribution in [0.3, 0.4) is 0 Å². The van der Waals surface area contributed by atoms with Gasteiger partial charge in [0.1, 0.15) is 0 Å². The summed E-state index contributed by atoms with van der Waals surface area (Å²) in [5.41, 5.74) is 0. The Labute approximate surface area is 419 Å². The first-order valence-electron chi connectivity index (χ1n) is 30.4. The maximum absolute atomic E-state index is 12.5. The van der Waals surface area contributed by atoms with E-state index in [0.717, 1.165) is 51.4 Å². The molecule has 0 heterocycles. The van der Waals surface area contributed by atoms with Crippen LogP contribution in [-0.4, -0.2) is 47.4 Å². The van der Waals surface area contributed by atoms with Gasteiger partial charge in [0.05, 0.1) is 25.4 Å². The first kappa shape index (κ1) is 65.6. The molecule has 6 nitrogen and oxygen atoms in total. The van der Waals surface area contributed by atoms with Crippen LogP contribution in [-0.2, 0) is 14.3 Å². The molecule has 0 aromatic heterocycles. The number of rotatable bonds is 57. The third kappa shape index (κ3) is 53.8. The van der Waals surface area contributed by atoms with Gasteiger partial charge in [-0.3, -0.25) is 9.59 Å². The number of hydrogen-bond donors (Lipinski definition) is 3. The van der Waals surface area contributed by atoms with Crippen molar-refractivity contribution in [2.45, 2.75) is 353 Å². The summed E-state index contributed by atoms with van der Waals surface area (Å²) in [6, 6.07) is -0.549. The number of hydrogen-bond acceptors (Lipinski definition) is 5. The summed E-state index contributed by atoms with van der Waals surface area (Å²) >= 11 is 0. The van der Waals surface area contributed by atoms with E-state index in [1.54, 1.807) is 0 Å². The highest BCUT2D eigenvalue weighted by molar-refractivity contribution is 5.76. The summed E-state index contributed by atoms with van der Waals surface area (Å²) in [5, 5.41) is 23.2. The number of esters is 1. The van der Waals surface area contributed by atoms with Gasteiger partial charge in [-0.1, -0.05) is 289 Å². The van der Waals surface area contributed by atoms with Crippen LogP contribution >= 0.6 is 0 Å². The Kier molecular flexibility index (Phi) is 56.0. The molecule has 0 spiro atoms. The van der Waals surface area contributed by atoms with Gasteiger partial charge in [-0.25, -0.2) is 0 Å². The number of aliphatic hydroxyl groups excluding tert-OH is 2. The van der Waals surface area contributed by atoms with E-state index in [1.165, 1.54) is 257 Å². The predicted molar refractivity (Wildman–Crippen MR) is 292 cm³/mol. The van der Waals surface area contributed by atoms with Crippen LogP contribution in [0.15, 0.2) is 12.2 Å². The molecule has 0 aromatic carbocycles. The Morgan fingerprint density at radius 1 is 0.403 bits per heavy atom. The summed E-state index contributed by atoms with van der Waals surface area (Å²) in [6.07, 6.45) is 67.8. The Hall–Kier alpha value is -1.40. The lowest BCUT2D eigenvalue weighted by molar-refractivity contribution is -0.143. The van der Waals surface area contributed by atoms with Crippen molar-refractivity contribution < 1.29 is 24.5 Å². The molecule has 0 saturated heterocycles. The maximum atomic E-state index is 12.5. The summed E-state index contributed by atoms with van der Waals surface area (Å²) < 4.78 is 5.49. The lowest BCUT2D eigenvalue weighted by Gasteiger charge is -2.22. The minimum absolute atomic E-state index is 0.00364. The van der Waals surface area contributed by atoms with Crippen LogP contribution in [0.2, 0.25) is 0 Å². The van der Waals surface area contributed by atoms with Gasteiger partial charge in [-0.05, 0) is 51.4 Å². The highest BCUT2D eigenvalue weighted by atomic mass is 16.5. The maximum Gasteiger partial charge on any atom is 0.305 e. The number of carbonyl (C=O) groups is 2. The molecule has 0 aliphatic carbocycles. The SMILES string of the molecule is CCCCCCCCCCCCCCCCCCCCCC(=O)OCCCCCCCC/C=C\CCCCCCCCCC(=O)NC(CO)C(O)CCCCCCCCCCCCCCCC. The minimum Gasteiger partial charge on any atom is -0.466 e. The smallest absolute Gasteiger partial charge is 0.305 e. The summed E-state index contributed by atoms with van der Waals surface area (Å²) in [7, 11) is 0. The molecule has 0 rings (SSSR count). The Morgan fingerprint density at radius 3 is 1.06 bits per heavy atom. The molecular formula is C61H119NO5. The molecule has 2 unspecified atom stereocenters. The van der Waals surface area contributed by atoms with Crippen LogP contribution in [0.25, 0.3) is 0 Å². The van der Waals surface area contributed by atoms with Gasteiger partial charge >= 0.3 is 5.97 Å². The molecule has 0 fully saturated rings. The standard InChI is InChI=1S/C61H119NO5/c1-3-5-7-9-11-13-15-17-19-20-21-24-27-31-35-39-43-47-51-55-61(66)67-56-52-48-44-40-36-32-28-25-22-23-26-30-34-38-42-46-50-54-60(65)62-58(57-63)59(64)53-49-45-41-37-33-29-18-16-14-12-10-8-6-4-2/h22,25,58-59,63-64H,3-21,23-24,26-57H2,1-2H3,(H,62,65)/b25-22-. The van der Waals surface area contributed by atoms with Crippen molar-refractivity contribution in [1.29, 1.82) is 0 Å². The first-order valence-corrected chi connectivity index (χ1v) is 30.4. The van der Waals surface area contributed by atoms with Crippen LogP contribution in [0.1, 0.15) is 341 Å². The van der Waals surface area contributed by atoms with E-state index in [4.69, 9.17) is 4.74 Å². The van der Waals surface area contributed by atoms with Crippen LogP contribution < -0.4 is 5.32 Å². The Balaban J connectivity index is 3.41. The fraction of sp³-hybridized carbons (Fsp3) is 0.934. The van der Waals surface area contributed by atoms with Crippen molar-refractivity contribution >= 4 is 11.9 Å². The van der Waals surface area contributed by atoms with E-state index in [-0.39, 0.29) is 18.5 Å². The monoisotopic (exact) mass is 946 g/mol. The fourth-order valence-corrected chi connectivity index (χ4v) is 9.64. The van der Waals surface area contributed by atoms with Crippen molar-refractivity contribution in [2.24, 2.45) is 0 Å². The number of nitrogens with one attached hydrogen (secondary N) is 1. The third-order valence-electron chi connectivity index (χ3n) is 14.3. The normalized spacial score (nSPS) is 12.6. The minimum atomic E-state index is -0.671. The second kappa shape index (κ2) is 57.2. The zero-order chi connectivity index (χ0) is 48.6. The lowest BCUT2D eigenvalue weighted by atomic mass is 10.0. The molecule has 1 amide bonds. The molecule has 2 atom stereocenters. The van der Waals surface area contributed by atoms with E-state index in [9.17, 15) is 19.8 Å². The summed E-state index contributed by atoms with van der Waals surface area (Å²) in [4.78, 5) is 24.6. The number of unbranched alkanes of at least 4 members (excludes halogenated alkanes) is 44. The average molecular weight is 947 g/mol. The number of carbonyl (C=O) groups excluding carboxylic acids is 2. The number of ether oxygens (including phenoxy) is 1. The predicted octanol–water partition coefficient (Wildman–Crippen LogP) is 18.9. The van der Waals surface area contributed by atoms with Crippen molar-refractivity contribution in [1.82, 2.24) is 5.32 Å². The number of amides is 1. The molecular weight excluding hydrogens is 827 g/mol. The van der Waals surface area contributed by atoms with Gasteiger partial charge in [0.15, 0.2) is 0 Å². The van der Waals surface area contributed by atoms with Gasteiger partial charge < -0.3 is 20.3 Å². The van der Waals surface area contributed by atoms with Gasteiger partial charge in [0, 0.05) is 12.8 Å². The highest BCUT2D eigenvalue weighted by Crippen LogP contribution is 2.18. The topological polar surface area (TPSA) is 95.9 Å². The van der Waals surface area contributed by atoms with Crippen molar-refractivity contribution in [3.8, 4) is 0 Å². The molecule has 0 aliphatic rings. The van der Waals surface area contributed by atoms with E-state index in [1.807, 2.05) is 0 Å². The highest BCUT2D eigenvalue weighted by Gasteiger charge is 2.20. The van der Waals surface area contributed by atoms with Gasteiger partial charge in [-0.15, -0.1) is 0 Å². The van der Waals surface area contributed by atoms with Crippen molar-refractivity contribution in [3.05, 3.63) is 12.2 Å². The van der Waals surface area contributed by atoms with Crippen LogP contribution in [0.4, 0.5) is 0 Å². The molecule has 398 valence electrons. The molecule has 0 aliphatic heterocycles. The zero-order valence-corrected chi connectivity index (χ0v) is 45.4. The summed E-state index contributed by atoms with van der Waals surface area (Å²) in [6.45, 7) is 4.96. The molecule has 6 heteroatoms. The van der Waals surface area contributed by atoms with Crippen LogP contribution in [0.5, 0.6) is 0 Å². The van der Waals surface area contributed by atoms with Crippen molar-refractivity contribution in [2.75, 3.05) is 13.2 Å². The van der Waals surface area contributed by atoms with Crippen molar-refractivity contribution in [3.63, 3.8) is 0 Å². The molecule has 0 aromatic rings. The van der Waals surface area contributed by atoms with E-state index < -0.39 is 12.1 Å². The second-order valence-corrected chi connectivity index (χ2v) is 21.0. The third-order valence-corrected chi connectivity index (χ3v) is 14.3. The quantitative estimate of drug-likeness (QED) is 0.0321. The fourth-order valence-electron chi connectivity index (χ4n) is 9.64. The molecule has 0 saturated carbocycles. The Bertz CT molecular complexity index is 1000. The molecule has 3 N–H and O–H groups in total. The molecule has 67 heavy (non-hydrogen) atoms. The number of allylic oxidation sites excluding steroid dienone is 2. The van der Waals surface area contributed by atoms with Gasteiger partial charge in [-0.2, -0.15) is 0 Å². The van der Waals surface area contributed by atoms with Gasteiger partial charge in [0.25, 0.3) is 0 Å². The van der Waals surface area contributed by atoms with E-state index in [0.29, 0.717) is 25.9 Å². The molecule has 0 bridgehead atoms. The van der Waals surface area contributed by atoms with Gasteiger partial charge in [0.2, 0.25) is 5.91 Å². The van der Waals surface area contributed by atoms with E-state index in [2.05, 4.69) is 31.3 Å². The average Bonchev–Trinajstić information content (AvgIpc) is 3.33. The van der Waals surface area contributed by atoms with E-state index >= 15 is 0 Å². The Morgan fingerprint density at radius 2 is 0.701 bits per heavy atom. The lowest BCUT2D eigenvalue weighted by Crippen LogP contribution is -2.45. The second-order valence-electron chi connectivity index (χ2n) is 21.0. The number of aliphatic hydroxyl groups is 2. The molecule has 0 radical (unpaired) electrons. The largest absolute Gasteiger partial charge is 0.466 e. The zero-order valence-electron chi connectivity index (χ0n) is 45.4. The first-order chi connectivity index (χ1) is 33.0.